The van der Waals surface area contributed by atoms with Crippen LogP contribution in [0.25, 0.3) is 0 Å². The molecule has 1 N–H and O–H groups in total. The highest BCUT2D eigenvalue weighted by molar-refractivity contribution is 7.80. The van der Waals surface area contributed by atoms with Gasteiger partial charge in [-0.25, -0.2) is 18.0 Å². The van der Waals surface area contributed by atoms with Gasteiger partial charge in [0.05, 0.1) is 10.7 Å². The molecular formula is C28H37ClF3NO2S. The van der Waals surface area contributed by atoms with Crippen molar-refractivity contribution in [2.24, 2.45) is 0 Å². The lowest BCUT2D eigenvalue weighted by Crippen LogP contribution is -2.36. The minimum Gasteiger partial charge on any atom is -0.456 e. The van der Waals surface area contributed by atoms with Gasteiger partial charge in [0, 0.05) is 17.7 Å². The number of hydrogen-bond donors (Lipinski definition) is 1. The molecule has 1 saturated carbocycles. The average Bonchev–Trinajstić information content (AvgIpc) is 3.54. The summed E-state index contributed by atoms with van der Waals surface area (Å²) >= 11 is 10.9. The second-order valence-corrected chi connectivity index (χ2v) is 10.6. The fraction of sp³-hybridized carbons (Fsp3) is 0.500. The Balaban J connectivity index is 0.000000548. The summed E-state index contributed by atoms with van der Waals surface area (Å²) < 4.78 is 44.6. The fourth-order valence-electron chi connectivity index (χ4n) is 3.09. The molecule has 3 nitrogen and oxygen atoms in total. The molecule has 8 heteroatoms. The highest BCUT2D eigenvalue weighted by atomic mass is 35.5. The molecule has 0 saturated heterocycles. The van der Waals surface area contributed by atoms with Crippen molar-refractivity contribution in [2.45, 2.75) is 91.2 Å². The molecule has 1 aromatic carbocycles. The molecule has 2 rings (SSSR count). The monoisotopic (exact) mass is 543 g/mol. The molecule has 0 spiro atoms. The Morgan fingerprint density at radius 1 is 1.28 bits per heavy atom. The predicted octanol–water partition coefficient (Wildman–Crippen LogP) is 8.98. The number of anilines is 1. The zero-order chi connectivity index (χ0) is 28.0. The summed E-state index contributed by atoms with van der Waals surface area (Å²) in [5.74, 6) is -3.57. The number of allylic oxidation sites excluding steroid dienone is 3. The van der Waals surface area contributed by atoms with Crippen LogP contribution in [0.5, 0.6) is 0 Å². The molecule has 0 aromatic heterocycles. The van der Waals surface area contributed by atoms with Gasteiger partial charge in [-0.15, -0.1) is 0 Å². The molecular weight excluding hydrogens is 507 g/mol. The van der Waals surface area contributed by atoms with Gasteiger partial charge in [-0.1, -0.05) is 56.4 Å². The van der Waals surface area contributed by atoms with Crippen LogP contribution in [0.4, 0.5) is 18.9 Å². The second kappa shape index (κ2) is 12.9. The van der Waals surface area contributed by atoms with E-state index in [0.29, 0.717) is 29.0 Å². The van der Waals surface area contributed by atoms with Crippen molar-refractivity contribution in [3.8, 4) is 0 Å². The van der Waals surface area contributed by atoms with Gasteiger partial charge in [0.15, 0.2) is 0 Å². The van der Waals surface area contributed by atoms with E-state index >= 15 is 0 Å². The van der Waals surface area contributed by atoms with Crippen LogP contribution >= 0.6 is 23.8 Å². The number of hydrogen-bond acceptors (Lipinski definition) is 4. The van der Waals surface area contributed by atoms with Gasteiger partial charge in [-0.3, -0.25) is 0 Å². The van der Waals surface area contributed by atoms with Gasteiger partial charge in [-0.2, -0.15) is 0 Å². The summed E-state index contributed by atoms with van der Waals surface area (Å²) in [7, 11) is 0. The second-order valence-electron chi connectivity index (χ2n) is 9.51. The fourth-order valence-corrected chi connectivity index (χ4v) is 3.46. The molecule has 0 aliphatic heterocycles. The molecule has 1 aromatic rings. The van der Waals surface area contributed by atoms with E-state index in [4.69, 9.17) is 16.3 Å². The van der Waals surface area contributed by atoms with E-state index in [1.165, 1.54) is 19.1 Å². The Morgan fingerprint density at radius 3 is 2.22 bits per heavy atom. The number of alkyl halides is 2. The van der Waals surface area contributed by atoms with E-state index in [1.54, 1.807) is 19.9 Å². The van der Waals surface area contributed by atoms with Crippen molar-refractivity contribution in [2.75, 3.05) is 5.32 Å². The first-order valence-electron chi connectivity index (χ1n) is 11.8. The highest BCUT2D eigenvalue weighted by Gasteiger charge is 2.52. The van der Waals surface area contributed by atoms with Crippen LogP contribution in [0.15, 0.2) is 48.1 Å². The van der Waals surface area contributed by atoms with E-state index in [0.717, 1.165) is 24.5 Å². The van der Waals surface area contributed by atoms with Crippen LogP contribution in [-0.4, -0.2) is 28.4 Å². The SMILES string of the molecule is C=C(C)C(C)OC(=O)C1(Nc2cc(C(C)C(=C)CC)c(F)cc2Cl)CC1.CC(=S)/C=C(\C)C(C)(F)F. The third kappa shape index (κ3) is 9.07. The number of esters is 1. The lowest BCUT2D eigenvalue weighted by Gasteiger charge is -2.23. The lowest BCUT2D eigenvalue weighted by molar-refractivity contribution is -0.148. The molecule has 2 atom stereocenters. The van der Waals surface area contributed by atoms with Gasteiger partial charge in [0.2, 0.25) is 0 Å². The summed E-state index contributed by atoms with van der Waals surface area (Å²) in [6, 6.07) is 2.97. The molecule has 36 heavy (non-hydrogen) atoms. The van der Waals surface area contributed by atoms with E-state index in [-0.39, 0.29) is 34.4 Å². The molecule has 1 aliphatic carbocycles. The predicted molar refractivity (Wildman–Crippen MR) is 148 cm³/mol. The van der Waals surface area contributed by atoms with Crippen molar-refractivity contribution in [3.63, 3.8) is 0 Å². The van der Waals surface area contributed by atoms with Crippen molar-refractivity contribution in [3.05, 3.63) is 64.5 Å². The van der Waals surface area contributed by atoms with Crippen LogP contribution in [-0.2, 0) is 9.53 Å². The Morgan fingerprint density at radius 2 is 1.83 bits per heavy atom. The van der Waals surface area contributed by atoms with Crippen LogP contribution in [0.1, 0.15) is 79.2 Å². The molecule has 2 unspecified atom stereocenters. The van der Waals surface area contributed by atoms with Crippen molar-refractivity contribution in [1.82, 2.24) is 0 Å². The summed E-state index contributed by atoms with van der Waals surface area (Å²) in [4.78, 5) is 13.0. The van der Waals surface area contributed by atoms with Gasteiger partial charge < -0.3 is 10.1 Å². The summed E-state index contributed by atoms with van der Waals surface area (Å²) in [5.41, 5.74) is 1.99. The number of thiocarbonyl (C=S) groups is 1. The zero-order valence-electron chi connectivity index (χ0n) is 22.2. The number of halogens is 4. The van der Waals surface area contributed by atoms with Gasteiger partial charge in [-0.05, 0) is 81.9 Å². The minimum atomic E-state index is -2.74. The van der Waals surface area contributed by atoms with Gasteiger partial charge in [0.1, 0.15) is 17.5 Å². The standard InChI is InChI=1S/C21H27ClFNO2.C7H10F2S/c1-7-13(4)14(5)16-10-19(17(22)11-18(16)23)24-21(8-9-21)20(25)26-15(6)12(2)3;1-5(4-6(2)10)7(3,8)9/h10-11,14-15,24H,2,4,7-9H2,1,3,5-6H3;4H,1-3H3/b;5-4+. The van der Waals surface area contributed by atoms with Gasteiger partial charge in [0.25, 0.3) is 5.92 Å². The highest BCUT2D eigenvalue weighted by Crippen LogP contribution is 2.43. The topological polar surface area (TPSA) is 38.3 Å². The van der Waals surface area contributed by atoms with Crippen LogP contribution in [0, 0.1) is 5.82 Å². The number of rotatable bonds is 10. The summed E-state index contributed by atoms with van der Waals surface area (Å²) in [6.45, 7) is 19.2. The molecule has 1 fully saturated rings. The number of ether oxygens (including phenoxy) is 1. The first-order chi connectivity index (χ1) is 16.4. The average molecular weight is 544 g/mol. The van der Waals surface area contributed by atoms with Crippen molar-refractivity contribution < 1.29 is 22.7 Å². The molecule has 0 amide bonds. The Hall–Kier alpha value is -2.12. The summed E-state index contributed by atoms with van der Waals surface area (Å²) in [5, 5.41) is 3.43. The molecule has 200 valence electrons. The van der Waals surface area contributed by atoms with Crippen LogP contribution in [0.3, 0.4) is 0 Å². The summed E-state index contributed by atoms with van der Waals surface area (Å²) in [6.07, 6.45) is 3.02. The van der Waals surface area contributed by atoms with E-state index in [1.807, 2.05) is 20.8 Å². The number of benzene rings is 1. The van der Waals surface area contributed by atoms with Gasteiger partial charge >= 0.3 is 5.97 Å². The van der Waals surface area contributed by atoms with E-state index in [2.05, 4.69) is 30.7 Å². The van der Waals surface area contributed by atoms with E-state index < -0.39 is 11.5 Å². The lowest BCUT2D eigenvalue weighted by atomic mass is 9.91. The quantitative estimate of drug-likeness (QED) is 0.138. The first kappa shape index (κ1) is 31.9. The molecule has 0 heterocycles. The largest absolute Gasteiger partial charge is 0.456 e. The number of carbonyl (C=O) groups is 1. The zero-order valence-corrected chi connectivity index (χ0v) is 23.7. The third-order valence-electron chi connectivity index (χ3n) is 6.22. The first-order valence-corrected chi connectivity index (χ1v) is 12.6. The van der Waals surface area contributed by atoms with Crippen molar-refractivity contribution in [1.29, 1.82) is 0 Å². The maximum absolute atomic E-state index is 14.4. The Kier molecular flexibility index (Phi) is 11.4. The maximum atomic E-state index is 14.4. The third-order valence-corrected chi connectivity index (χ3v) is 6.65. The molecule has 0 bridgehead atoms. The Bertz CT molecular complexity index is 1040. The smallest absolute Gasteiger partial charge is 0.332 e. The minimum absolute atomic E-state index is 0.0139. The Labute approximate surface area is 223 Å². The number of nitrogens with one attached hydrogen (secondary N) is 1. The van der Waals surface area contributed by atoms with E-state index in [9.17, 15) is 18.0 Å². The maximum Gasteiger partial charge on any atom is 0.332 e. The van der Waals surface area contributed by atoms with Crippen LogP contribution < -0.4 is 5.32 Å². The molecule has 0 radical (unpaired) electrons. The number of carbonyl (C=O) groups excluding carboxylic acids is 1. The molecule has 1 aliphatic rings. The normalized spacial score (nSPS) is 16.1. The van der Waals surface area contributed by atoms with Crippen molar-refractivity contribution >= 4 is 40.3 Å². The van der Waals surface area contributed by atoms with Crippen LogP contribution in [0.2, 0.25) is 5.02 Å².